The van der Waals surface area contributed by atoms with Gasteiger partial charge in [-0.05, 0) is 36.6 Å². The van der Waals surface area contributed by atoms with Gasteiger partial charge in [0.2, 0.25) is 5.91 Å². The van der Waals surface area contributed by atoms with E-state index in [1.54, 1.807) is 29.6 Å². The number of nitrogens with one attached hydrogen (secondary N) is 1. The molecule has 1 fully saturated rings. The zero-order valence-electron chi connectivity index (χ0n) is 13.4. The number of pyridine rings is 2. The molecular formula is C18H16ClN5O. The van der Waals surface area contributed by atoms with E-state index in [0.29, 0.717) is 23.9 Å². The zero-order chi connectivity index (χ0) is 17.2. The first-order chi connectivity index (χ1) is 12.2. The van der Waals surface area contributed by atoms with Crippen LogP contribution in [0, 0.1) is 5.92 Å². The second-order valence-corrected chi connectivity index (χ2v) is 6.43. The fourth-order valence-corrected chi connectivity index (χ4v) is 3.21. The first-order valence-corrected chi connectivity index (χ1v) is 8.46. The lowest BCUT2D eigenvalue weighted by Crippen LogP contribution is -2.28. The van der Waals surface area contributed by atoms with Crippen molar-refractivity contribution in [2.45, 2.75) is 12.8 Å². The molecule has 1 saturated heterocycles. The highest BCUT2D eigenvalue weighted by Gasteiger charge is 2.33. The Kier molecular flexibility index (Phi) is 4.19. The van der Waals surface area contributed by atoms with Gasteiger partial charge in [-0.15, -0.1) is 0 Å². The van der Waals surface area contributed by atoms with Gasteiger partial charge in [-0.25, -0.2) is 4.98 Å². The predicted octanol–water partition coefficient (Wildman–Crippen LogP) is 3.12. The molecule has 4 rings (SSSR count). The lowest BCUT2D eigenvalue weighted by atomic mass is 9.99. The molecule has 0 radical (unpaired) electrons. The third kappa shape index (κ3) is 3.25. The number of aromatic nitrogens is 4. The van der Waals surface area contributed by atoms with Crippen molar-refractivity contribution in [3.63, 3.8) is 0 Å². The highest BCUT2D eigenvalue weighted by atomic mass is 35.5. The van der Waals surface area contributed by atoms with Crippen LogP contribution in [0.25, 0.3) is 11.3 Å². The zero-order valence-corrected chi connectivity index (χ0v) is 14.1. The molecule has 7 heteroatoms. The van der Waals surface area contributed by atoms with Crippen molar-refractivity contribution in [3.05, 3.63) is 59.6 Å². The van der Waals surface area contributed by atoms with E-state index in [0.717, 1.165) is 23.2 Å². The van der Waals surface area contributed by atoms with E-state index < -0.39 is 0 Å². The average molecular weight is 354 g/mol. The summed E-state index contributed by atoms with van der Waals surface area (Å²) in [6.07, 6.45) is 6.66. The molecule has 0 unspecified atom stereocenters. The van der Waals surface area contributed by atoms with Crippen molar-refractivity contribution in [1.82, 2.24) is 20.2 Å². The molecular weight excluding hydrogens is 338 g/mol. The topological polar surface area (TPSA) is 74.8 Å². The van der Waals surface area contributed by atoms with E-state index >= 15 is 0 Å². The van der Waals surface area contributed by atoms with Crippen LogP contribution < -0.4 is 4.90 Å². The summed E-state index contributed by atoms with van der Waals surface area (Å²) in [6, 6.07) is 9.38. The largest absolute Gasteiger partial charge is 0.295 e. The summed E-state index contributed by atoms with van der Waals surface area (Å²) in [5, 5.41) is 7.76. The summed E-state index contributed by atoms with van der Waals surface area (Å²) in [6.45, 7) is 0.672. The lowest BCUT2D eigenvalue weighted by molar-refractivity contribution is -0.120. The molecule has 0 aromatic carbocycles. The molecule has 3 aromatic rings. The average Bonchev–Trinajstić information content (AvgIpc) is 3.25. The summed E-state index contributed by atoms with van der Waals surface area (Å²) in [5.41, 5.74) is 2.88. The first kappa shape index (κ1) is 15.8. The van der Waals surface area contributed by atoms with Gasteiger partial charge in [0.15, 0.2) is 5.82 Å². The van der Waals surface area contributed by atoms with Crippen LogP contribution in [0.5, 0.6) is 0 Å². The molecule has 3 aromatic heterocycles. The number of nitrogens with zero attached hydrogens (tertiary/aromatic N) is 4. The Morgan fingerprint density at radius 1 is 1.24 bits per heavy atom. The number of aromatic amines is 1. The molecule has 0 saturated carbocycles. The molecule has 1 atom stereocenters. The minimum Gasteiger partial charge on any atom is -0.295 e. The maximum atomic E-state index is 12.7. The molecule has 1 aliphatic rings. The number of halogens is 1. The van der Waals surface area contributed by atoms with Gasteiger partial charge in [-0.2, -0.15) is 5.10 Å². The molecule has 126 valence electrons. The second-order valence-electron chi connectivity index (χ2n) is 6.04. The standard InChI is InChI=1S/C18H16ClN5O/c19-16-2-1-12(11-21-16)9-14-5-8-24(18(14)25)17-10-15(22-23-17)13-3-6-20-7-4-13/h1-4,6-7,10-11,14H,5,8-9H2,(H,22,23)/t14-/m0/s1. The normalized spacial score (nSPS) is 17.2. The van der Waals surface area contributed by atoms with Crippen molar-refractivity contribution in [2.75, 3.05) is 11.4 Å². The molecule has 6 nitrogen and oxygen atoms in total. The number of anilines is 1. The van der Waals surface area contributed by atoms with E-state index in [9.17, 15) is 4.79 Å². The summed E-state index contributed by atoms with van der Waals surface area (Å²) in [4.78, 5) is 22.6. The minimum atomic E-state index is -0.0518. The fourth-order valence-electron chi connectivity index (χ4n) is 3.10. The summed E-state index contributed by atoms with van der Waals surface area (Å²) < 4.78 is 0. The molecule has 0 bridgehead atoms. The quantitative estimate of drug-likeness (QED) is 0.731. The van der Waals surface area contributed by atoms with Crippen molar-refractivity contribution < 1.29 is 4.79 Å². The summed E-state index contributed by atoms with van der Waals surface area (Å²) in [5.74, 6) is 0.709. The Hall–Kier alpha value is -2.73. The van der Waals surface area contributed by atoms with E-state index in [1.165, 1.54) is 0 Å². The Morgan fingerprint density at radius 3 is 2.84 bits per heavy atom. The number of rotatable bonds is 4. The van der Waals surface area contributed by atoms with Crippen LogP contribution >= 0.6 is 11.6 Å². The number of hydrogen-bond donors (Lipinski definition) is 1. The monoisotopic (exact) mass is 353 g/mol. The van der Waals surface area contributed by atoms with Crippen LogP contribution in [0.4, 0.5) is 5.82 Å². The highest BCUT2D eigenvalue weighted by Crippen LogP contribution is 2.28. The number of amides is 1. The van der Waals surface area contributed by atoms with Crippen LogP contribution in [-0.4, -0.2) is 32.6 Å². The van der Waals surface area contributed by atoms with E-state index in [-0.39, 0.29) is 11.8 Å². The van der Waals surface area contributed by atoms with Gasteiger partial charge < -0.3 is 0 Å². The molecule has 0 spiro atoms. The Morgan fingerprint density at radius 2 is 2.08 bits per heavy atom. The lowest BCUT2D eigenvalue weighted by Gasteiger charge is -2.13. The van der Waals surface area contributed by atoms with Gasteiger partial charge in [0, 0.05) is 42.7 Å². The second kappa shape index (κ2) is 6.64. The van der Waals surface area contributed by atoms with Crippen molar-refractivity contribution in [3.8, 4) is 11.3 Å². The molecule has 4 heterocycles. The van der Waals surface area contributed by atoms with Crippen LogP contribution in [0.15, 0.2) is 48.9 Å². The van der Waals surface area contributed by atoms with Gasteiger partial charge >= 0.3 is 0 Å². The fraction of sp³-hybridized carbons (Fsp3) is 0.222. The van der Waals surface area contributed by atoms with Gasteiger partial charge in [-0.1, -0.05) is 17.7 Å². The SMILES string of the molecule is O=C1[C@H](Cc2ccc(Cl)nc2)CCN1c1cc(-c2ccncc2)[nH]n1. The van der Waals surface area contributed by atoms with Crippen molar-refractivity contribution in [1.29, 1.82) is 0 Å². The number of carbonyl (C=O) groups excluding carboxylic acids is 1. The number of H-pyrrole nitrogens is 1. The molecule has 1 aliphatic heterocycles. The maximum Gasteiger partial charge on any atom is 0.231 e. The van der Waals surface area contributed by atoms with E-state index in [1.807, 2.05) is 24.3 Å². The van der Waals surface area contributed by atoms with Crippen molar-refractivity contribution >= 4 is 23.3 Å². The van der Waals surface area contributed by atoms with E-state index in [2.05, 4.69) is 20.2 Å². The molecule has 0 aliphatic carbocycles. The molecule has 1 N–H and O–H groups in total. The summed E-state index contributed by atoms with van der Waals surface area (Å²) >= 11 is 5.81. The van der Waals surface area contributed by atoms with Gasteiger partial charge in [0.05, 0.1) is 5.69 Å². The third-order valence-corrected chi connectivity index (χ3v) is 4.64. The Balaban J connectivity index is 1.48. The Labute approximate surface area is 149 Å². The smallest absolute Gasteiger partial charge is 0.231 e. The van der Waals surface area contributed by atoms with Gasteiger partial charge in [-0.3, -0.25) is 19.8 Å². The molecule has 1 amide bonds. The highest BCUT2D eigenvalue weighted by molar-refractivity contribution is 6.29. The van der Waals surface area contributed by atoms with Crippen LogP contribution in [-0.2, 0) is 11.2 Å². The first-order valence-electron chi connectivity index (χ1n) is 8.08. The maximum absolute atomic E-state index is 12.7. The van der Waals surface area contributed by atoms with Crippen LogP contribution in [0.2, 0.25) is 5.15 Å². The third-order valence-electron chi connectivity index (χ3n) is 4.42. The molecule has 25 heavy (non-hydrogen) atoms. The Bertz CT molecular complexity index is 878. The van der Waals surface area contributed by atoms with Crippen molar-refractivity contribution in [2.24, 2.45) is 5.92 Å². The van der Waals surface area contributed by atoms with E-state index in [4.69, 9.17) is 11.6 Å². The minimum absolute atomic E-state index is 0.0518. The number of hydrogen-bond acceptors (Lipinski definition) is 4. The predicted molar refractivity (Wildman–Crippen MR) is 95.2 cm³/mol. The van der Waals surface area contributed by atoms with Crippen LogP contribution in [0.3, 0.4) is 0 Å². The van der Waals surface area contributed by atoms with Gasteiger partial charge in [0.1, 0.15) is 5.15 Å². The van der Waals surface area contributed by atoms with Crippen LogP contribution in [0.1, 0.15) is 12.0 Å². The summed E-state index contributed by atoms with van der Waals surface area (Å²) in [7, 11) is 0. The number of carbonyl (C=O) groups is 1. The van der Waals surface area contributed by atoms with Gasteiger partial charge in [0.25, 0.3) is 0 Å².